The summed E-state index contributed by atoms with van der Waals surface area (Å²) in [5, 5.41) is 13.0. The number of rotatable bonds is 1. The van der Waals surface area contributed by atoms with Crippen LogP contribution in [0.5, 0.6) is 0 Å². The monoisotopic (exact) mass is 267 g/mol. The van der Waals surface area contributed by atoms with Crippen LogP contribution in [0.2, 0.25) is 0 Å². The second kappa shape index (κ2) is 6.40. The first-order valence-electron chi connectivity index (χ1n) is 4.76. The SMILES string of the molecule is O=C(O)c1ccncc1.O=C1CC(=O)NC(=S)N1. The first-order valence-corrected chi connectivity index (χ1v) is 5.17. The molecule has 0 spiro atoms. The van der Waals surface area contributed by atoms with E-state index < -0.39 is 5.97 Å². The average molecular weight is 267 g/mol. The fourth-order valence-corrected chi connectivity index (χ4v) is 1.24. The van der Waals surface area contributed by atoms with E-state index in [1.165, 1.54) is 24.5 Å². The predicted octanol–water partition coefficient (Wildman–Crippen LogP) is -0.313. The highest BCUT2D eigenvalue weighted by Gasteiger charge is 2.17. The summed E-state index contributed by atoms with van der Waals surface area (Å²) in [5.74, 6) is -1.61. The van der Waals surface area contributed by atoms with Crippen LogP contribution < -0.4 is 10.6 Å². The minimum absolute atomic E-state index is 0.0938. The number of nitrogens with zero attached hydrogens (tertiary/aromatic N) is 1. The molecule has 1 aliphatic rings. The Hall–Kier alpha value is -2.35. The molecule has 94 valence electrons. The molecule has 1 saturated heterocycles. The largest absolute Gasteiger partial charge is 0.478 e. The molecule has 0 aliphatic carbocycles. The molecule has 1 aliphatic heterocycles. The maximum Gasteiger partial charge on any atom is 0.335 e. The summed E-state index contributed by atoms with van der Waals surface area (Å²) in [4.78, 5) is 34.7. The van der Waals surface area contributed by atoms with Crippen molar-refractivity contribution >= 4 is 35.1 Å². The number of amides is 2. The van der Waals surface area contributed by atoms with E-state index in [-0.39, 0.29) is 28.9 Å². The molecular formula is C10H9N3O4S. The van der Waals surface area contributed by atoms with Gasteiger partial charge in [-0.1, -0.05) is 0 Å². The van der Waals surface area contributed by atoms with Gasteiger partial charge in [0, 0.05) is 12.4 Å². The molecule has 8 heteroatoms. The van der Waals surface area contributed by atoms with Crippen molar-refractivity contribution in [3.8, 4) is 0 Å². The fourth-order valence-electron chi connectivity index (χ4n) is 1.01. The van der Waals surface area contributed by atoms with E-state index in [4.69, 9.17) is 5.11 Å². The molecular weight excluding hydrogens is 258 g/mol. The van der Waals surface area contributed by atoms with Gasteiger partial charge in [-0.25, -0.2) is 4.79 Å². The molecule has 2 amide bonds. The second-order valence-corrected chi connectivity index (χ2v) is 3.55. The van der Waals surface area contributed by atoms with Gasteiger partial charge < -0.3 is 15.7 Å². The van der Waals surface area contributed by atoms with Gasteiger partial charge in [-0.05, 0) is 24.4 Å². The Kier molecular flexibility index (Phi) is 4.88. The maximum absolute atomic E-state index is 10.4. The van der Waals surface area contributed by atoms with Crippen molar-refractivity contribution in [2.45, 2.75) is 6.42 Å². The molecule has 2 heterocycles. The molecule has 3 N–H and O–H groups in total. The Morgan fingerprint density at radius 2 is 1.72 bits per heavy atom. The van der Waals surface area contributed by atoms with Crippen LogP contribution in [-0.4, -0.2) is 33.0 Å². The average Bonchev–Trinajstić information content (AvgIpc) is 2.29. The van der Waals surface area contributed by atoms with E-state index in [0.717, 1.165) is 0 Å². The van der Waals surface area contributed by atoms with Gasteiger partial charge in [-0.15, -0.1) is 0 Å². The van der Waals surface area contributed by atoms with Crippen LogP contribution >= 0.6 is 12.2 Å². The zero-order chi connectivity index (χ0) is 13.5. The van der Waals surface area contributed by atoms with E-state index in [1.807, 2.05) is 0 Å². The van der Waals surface area contributed by atoms with Gasteiger partial charge in [-0.2, -0.15) is 0 Å². The van der Waals surface area contributed by atoms with Crippen LogP contribution in [0.1, 0.15) is 16.8 Å². The highest BCUT2D eigenvalue weighted by molar-refractivity contribution is 7.80. The number of aromatic nitrogens is 1. The number of nitrogens with one attached hydrogen (secondary N) is 2. The van der Waals surface area contributed by atoms with Crippen LogP contribution in [0.15, 0.2) is 24.5 Å². The number of pyridine rings is 1. The van der Waals surface area contributed by atoms with Gasteiger partial charge >= 0.3 is 5.97 Å². The van der Waals surface area contributed by atoms with Crippen LogP contribution in [0.3, 0.4) is 0 Å². The molecule has 0 bridgehead atoms. The zero-order valence-electron chi connectivity index (χ0n) is 9.04. The number of hydrogen-bond donors (Lipinski definition) is 3. The maximum atomic E-state index is 10.4. The summed E-state index contributed by atoms with van der Waals surface area (Å²) in [7, 11) is 0. The van der Waals surface area contributed by atoms with Gasteiger partial charge in [0.1, 0.15) is 6.42 Å². The summed E-state index contributed by atoms with van der Waals surface area (Å²) in [5.41, 5.74) is 0.269. The summed E-state index contributed by atoms with van der Waals surface area (Å²) in [6.07, 6.45) is 2.77. The van der Waals surface area contributed by atoms with Crippen LogP contribution in [0, 0.1) is 0 Å². The number of carboxylic acids is 1. The van der Waals surface area contributed by atoms with Crippen molar-refractivity contribution in [3.05, 3.63) is 30.1 Å². The van der Waals surface area contributed by atoms with Crippen molar-refractivity contribution < 1.29 is 19.5 Å². The highest BCUT2D eigenvalue weighted by atomic mass is 32.1. The van der Waals surface area contributed by atoms with Crippen molar-refractivity contribution in [1.82, 2.24) is 15.6 Å². The predicted molar refractivity (Wildman–Crippen MR) is 64.7 cm³/mol. The lowest BCUT2D eigenvalue weighted by Gasteiger charge is -2.12. The Morgan fingerprint density at radius 3 is 2.06 bits per heavy atom. The molecule has 0 unspecified atom stereocenters. The first-order chi connectivity index (χ1) is 8.49. The summed E-state index contributed by atoms with van der Waals surface area (Å²) >= 11 is 4.50. The number of carboxylic acid groups (broad SMARTS) is 1. The number of hydrogen-bond acceptors (Lipinski definition) is 5. The molecule has 1 aromatic heterocycles. The van der Waals surface area contributed by atoms with Crippen molar-refractivity contribution in [2.75, 3.05) is 0 Å². The number of aromatic carboxylic acids is 1. The molecule has 0 radical (unpaired) electrons. The molecule has 0 saturated carbocycles. The fraction of sp³-hybridized carbons (Fsp3) is 0.100. The van der Waals surface area contributed by atoms with Gasteiger partial charge in [0.25, 0.3) is 0 Å². The van der Waals surface area contributed by atoms with E-state index in [1.54, 1.807) is 0 Å². The summed E-state index contributed by atoms with van der Waals surface area (Å²) in [6, 6.07) is 2.89. The molecule has 0 atom stereocenters. The topological polar surface area (TPSA) is 108 Å². The smallest absolute Gasteiger partial charge is 0.335 e. The third-order valence-corrected chi connectivity index (χ3v) is 1.96. The first kappa shape index (κ1) is 13.7. The standard InChI is InChI=1S/C6H5NO2.C4H4N2O2S/c8-6(9)5-1-3-7-4-2-5;7-2-1-3(8)6-4(9)5-2/h1-4H,(H,8,9);1H2,(H2,5,6,7,8,9). The quantitative estimate of drug-likeness (QED) is 0.475. The Balaban J connectivity index is 0.000000180. The summed E-state index contributed by atoms with van der Waals surface area (Å²) < 4.78 is 0. The third kappa shape index (κ3) is 4.66. The normalized spacial score (nSPS) is 13.9. The molecule has 7 nitrogen and oxygen atoms in total. The summed E-state index contributed by atoms with van der Waals surface area (Å²) in [6.45, 7) is 0. The van der Waals surface area contributed by atoms with Crippen molar-refractivity contribution in [2.24, 2.45) is 0 Å². The van der Waals surface area contributed by atoms with E-state index in [9.17, 15) is 14.4 Å². The van der Waals surface area contributed by atoms with E-state index in [0.29, 0.717) is 0 Å². The van der Waals surface area contributed by atoms with Crippen LogP contribution in [0.4, 0.5) is 0 Å². The molecule has 2 rings (SSSR count). The van der Waals surface area contributed by atoms with Gasteiger partial charge in [0.15, 0.2) is 5.11 Å². The van der Waals surface area contributed by atoms with E-state index in [2.05, 4.69) is 27.8 Å². The Bertz CT molecular complexity index is 444. The molecule has 18 heavy (non-hydrogen) atoms. The van der Waals surface area contributed by atoms with Gasteiger partial charge in [-0.3, -0.25) is 14.6 Å². The van der Waals surface area contributed by atoms with E-state index >= 15 is 0 Å². The van der Waals surface area contributed by atoms with Gasteiger partial charge in [0.2, 0.25) is 11.8 Å². The van der Waals surface area contributed by atoms with Crippen molar-refractivity contribution in [3.63, 3.8) is 0 Å². The van der Waals surface area contributed by atoms with Gasteiger partial charge in [0.05, 0.1) is 5.56 Å². The Morgan fingerprint density at radius 1 is 1.22 bits per heavy atom. The van der Waals surface area contributed by atoms with Crippen LogP contribution in [0.25, 0.3) is 0 Å². The number of carbonyl (C=O) groups excluding carboxylic acids is 2. The number of carbonyl (C=O) groups is 3. The lowest BCUT2D eigenvalue weighted by Crippen LogP contribution is -2.49. The minimum atomic E-state index is -0.919. The minimum Gasteiger partial charge on any atom is -0.478 e. The third-order valence-electron chi connectivity index (χ3n) is 1.75. The Labute approximate surface area is 107 Å². The lowest BCUT2D eigenvalue weighted by molar-refractivity contribution is -0.129. The molecule has 1 fully saturated rings. The van der Waals surface area contributed by atoms with Crippen LogP contribution in [-0.2, 0) is 9.59 Å². The van der Waals surface area contributed by atoms with Crippen molar-refractivity contribution in [1.29, 1.82) is 0 Å². The molecule has 1 aromatic rings. The zero-order valence-corrected chi connectivity index (χ0v) is 9.86. The lowest BCUT2D eigenvalue weighted by atomic mass is 10.3. The number of thiocarbonyl (C=S) groups is 1. The highest BCUT2D eigenvalue weighted by Crippen LogP contribution is 1.93. The second-order valence-electron chi connectivity index (χ2n) is 3.14. The molecule has 0 aromatic carbocycles.